The van der Waals surface area contributed by atoms with Gasteiger partial charge in [0.1, 0.15) is 11.2 Å². The highest BCUT2D eigenvalue weighted by Crippen LogP contribution is 2.64. The van der Waals surface area contributed by atoms with Gasteiger partial charge < -0.3 is 15.2 Å². The summed E-state index contributed by atoms with van der Waals surface area (Å²) in [6.07, 6.45) is 0. The maximum Gasteiger partial charge on any atom is 0.315 e. The Kier molecular flexibility index (Phi) is 5.26. The van der Waals surface area contributed by atoms with Gasteiger partial charge in [0.15, 0.2) is 9.84 Å². The second kappa shape index (κ2) is 7.32. The van der Waals surface area contributed by atoms with Crippen LogP contribution in [0.25, 0.3) is 0 Å². The number of methoxy groups -OCH3 is 1. The van der Waals surface area contributed by atoms with Crippen molar-refractivity contribution in [2.24, 2.45) is 11.1 Å². The lowest BCUT2D eigenvalue weighted by Crippen LogP contribution is -2.33. The molecule has 7 heteroatoms. The van der Waals surface area contributed by atoms with Crippen LogP contribution in [-0.4, -0.2) is 39.9 Å². The van der Waals surface area contributed by atoms with Crippen molar-refractivity contribution in [1.29, 1.82) is 0 Å². The summed E-state index contributed by atoms with van der Waals surface area (Å²) in [5, 5.41) is -0.968. The lowest BCUT2D eigenvalue weighted by atomic mass is 9.99. The molecular formula is C20H23NO5S. The van der Waals surface area contributed by atoms with Crippen LogP contribution in [0.1, 0.15) is 18.4 Å². The first-order chi connectivity index (χ1) is 12.9. The minimum Gasteiger partial charge on any atom is -0.497 e. The lowest BCUT2D eigenvalue weighted by Gasteiger charge is -2.14. The van der Waals surface area contributed by atoms with Gasteiger partial charge in [-0.15, -0.1) is 0 Å². The van der Waals surface area contributed by atoms with Gasteiger partial charge in [-0.25, -0.2) is 8.42 Å². The lowest BCUT2D eigenvalue weighted by molar-refractivity contribution is -0.149. The molecule has 6 nitrogen and oxygen atoms in total. The van der Waals surface area contributed by atoms with Gasteiger partial charge in [-0.05, 0) is 36.8 Å². The molecule has 1 aliphatic carbocycles. The van der Waals surface area contributed by atoms with Crippen molar-refractivity contribution in [2.75, 3.05) is 20.3 Å². The van der Waals surface area contributed by atoms with Crippen LogP contribution in [0.4, 0.5) is 0 Å². The van der Waals surface area contributed by atoms with E-state index < -0.39 is 32.4 Å². The number of rotatable bonds is 7. The summed E-state index contributed by atoms with van der Waals surface area (Å²) >= 11 is 0. The molecule has 0 aliphatic heterocycles. The van der Waals surface area contributed by atoms with E-state index in [2.05, 4.69) is 0 Å². The Morgan fingerprint density at radius 2 is 1.74 bits per heavy atom. The summed E-state index contributed by atoms with van der Waals surface area (Å²) < 4.78 is 37.0. The summed E-state index contributed by atoms with van der Waals surface area (Å²) in [5.41, 5.74) is 5.39. The fourth-order valence-electron chi connectivity index (χ4n) is 3.74. The molecule has 144 valence electrons. The van der Waals surface area contributed by atoms with Crippen LogP contribution in [-0.2, 0) is 19.4 Å². The van der Waals surface area contributed by atoms with Crippen molar-refractivity contribution in [3.8, 4) is 5.75 Å². The topological polar surface area (TPSA) is 95.7 Å². The highest BCUT2D eigenvalue weighted by Gasteiger charge is 2.75. The molecule has 27 heavy (non-hydrogen) atoms. The number of esters is 1. The summed E-state index contributed by atoms with van der Waals surface area (Å²) in [6, 6.07) is 15.2. The quantitative estimate of drug-likeness (QED) is 0.729. The van der Waals surface area contributed by atoms with E-state index in [4.69, 9.17) is 15.2 Å². The van der Waals surface area contributed by atoms with Crippen LogP contribution in [0.5, 0.6) is 5.75 Å². The maximum absolute atomic E-state index is 13.3. The average molecular weight is 389 g/mol. The van der Waals surface area contributed by atoms with Gasteiger partial charge in [0.2, 0.25) is 0 Å². The van der Waals surface area contributed by atoms with E-state index in [0.29, 0.717) is 5.75 Å². The second-order valence-electron chi connectivity index (χ2n) is 6.49. The van der Waals surface area contributed by atoms with Crippen LogP contribution >= 0.6 is 0 Å². The van der Waals surface area contributed by atoms with E-state index in [1.807, 2.05) is 0 Å². The zero-order valence-corrected chi connectivity index (χ0v) is 16.1. The summed E-state index contributed by atoms with van der Waals surface area (Å²) in [5.74, 6) is -0.494. The van der Waals surface area contributed by atoms with Crippen LogP contribution in [0.2, 0.25) is 0 Å². The molecule has 0 unspecified atom stereocenters. The number of ether oxygens (including phenoxy) is 2. The molecule has 3 atom stereocenters. The van der Waals surface area contributed by atoms with Crippen molar-refractivity contribution >= 4 is 15.8 Å². The Balaban J connectivity index is 2.09. The van der Waals surface area contributed by atoms with Gasteiger partial charge in [-0.3, -0.25) is 4.79 Å². The van der Waals surface area contributed by atoms with Crippen molar-refractivity contribution < 1.29 is 22.7 Å². The van der Waals surface area contributed by atoms with E-state index >= 15 is 0 Å². The number of hydrogen-bond acceptors (Lipinski definition) is 6. The molecule has 0 spiro atoms. The van der Waals surface area contributed by atoms with E-state index in [1.54, 1.807) is 56.5 Å². The molecule has 1 fully saturated rings. The summed E-state index contributed by atoms with van der Waals surface area (Å²) in [4.78, 5) is 12.9. The first-order valence-corrected chi connectivity index (χ1v) is 10.3. The van der Waals surface area contributed by atoms with Crippen LogP contribution < -0.4 is 10.5 Å². The Morgan fingerprint density at radius 3 is 2.26 bits per heavy atom. The fourth-order valence-corrected chi connectivity index (χ4v) is 6.14. The second-order valence-corrected chi connectivity index (χ2v) is 8.56. The largest absolute Gasteiger partial charge is 0.497 e. The van der Waals surface area contributed by atoms with E-state index in [-0.39, 0.29) is 18.0 Å². The van der Waals surface area contributed by atoms with E-state index in [1.165, 1.54) is 12.1 Å². The van der Waals surface area contributed by atoms with Crippen molar-refractivity contribution in [2.45, 2.75) is 23.0 Å². The standard InChI is InChI=1S/C20H23NO5S/c1-3-26-19(22)20(13-21)17(14-9-11-15(25-2)12-10-14)18(20)27(23,24)16-7-5-4-6-8-16/h4-12,17-18H,3,13,21H2,1-2H3/t17-,18-,20-/m0/s1. The van der Waals surface area contributed by atoms with Crippen molar-refractivity contribution in [3.63, 3.8) is 0 Å². The molecule has 0 saturated heterocycles. The Hall–Kier alpha value is -2.38. The van der Waals surface area contributed by atoms with Gasteiger partial charge in [-0.1, -0.05) is 30.3 Å². The molecular weight excluding hydrogens is 366 g/mol. The number of carbonyl (C=O) groups excluding carboxylic acids is 1. The molecule has 0 radical (unpaired) electrons. The highest BCUT2D eigenvalue weighted by atomic mass is 32.2. The number of hydrogen-bond donors (Lipinski definition) is 1. The van der Waals surface area contributed by atoms with Crippen LogP contribution in [0, 0.1) is 5.41 Å². The molecule has 2 N–H and O–H groups in total. The number of sulfone groups is 1. The Morgan fingerprint density at radius 1 is 1.11 bits per heavy atom. The first kappa shape index (κ1) is 19.4. The predicted octanol–water partition coefficient (Wildman–Crippen LogP) is 2.14. The van der Waals surface area contributed by atoms with Crippen LogP contribution in [0.15, 0.2) is 59.5 Å². The van der Waals surface area contributed by atoms with Crippen LogP contribution in [0.3, 0.4) is 0 Å². The molecule has 0 bridgehead atoms. The maximum atomic E-state index is 13.3. The first-order valence-electron chi connectivity index (χ1n) is 8.73. The molecule has 1 saturated carbocycles. The molecule has 0 amide bonds. The molecule has 1 aliphatic rings. The van der Waals surface area contributed by atoms with Crippen molar-refractivity contribution in [3.05, 3.63) is 60.2 Å². The third kappa shape index (κ3) is 3.11. The smallest absolute Gasteiger partial charge is 0.315 e. The van der Waals surface area contributed by atoms with E-state index in [9.17, 15) is 13.2 Å². The SMILES string of the molecule is CCOC(=O)[C@@]1(CN)[C@@H](c2ccc(OC)cc2)[C@@H]1S(=O)(=O)c1ccccc1. The molecule has 0 heterocycles. The monoisotopic (exact) mass is 389 g/mol. The Bertz CT molecular complexity index is 911. The zero-order chi connectivity index (χ0) is 19.7. The Labute approximate surface area is 159 Å². The van der Waals surface area contributed by atoms with E-state index in [0.717, 1.165) is 5.56 Å². The van der Waals surface area contributed by atoms with Gasteiger partial charge in [-0.2, -0.15) is 0 Å². The molecule has 3 rings (SSSR count). The third-order valence-electron chi connectivity index (χ3n) is 5.13. The highest BCUT2D eigenvalue weighted by molar-refractivity contribution is 7.92. The summed E-state index contributed by atoms with van der Waals surface area (Å²) in [7, 11) is -2.22. The summed E-state index contributed by atoms with van der Waals surface area (Å²) in [6.45, 7) is 1.74. The van der Waals surface area contributed by atoms with Gasteiger partial charge >= 0.3 is 5.97 Å². The average Bonchev–Trinajstić information content (AvgIpc) is 3.40. The van der Waals surface area contributed by atoms with Gasteiger partial charge in [0.05, 0.1) is 23.9 Å². The third-order valence-corrected chi connectivity index (χ3v) is 7.42. The number of benzene rings is 2. The zero-order valence-electron chi connectivity index (χ0n) is 15.3. The minimum absolute atomic E-state index is 0.112. The molecule has 2 aromatic rings. The van der Waals surface area contributed by atoms with Crippen molar-refractivity contribution in [1.82, 2.24) is 0 Å². The minimum atomic E-state index is -3.77. The number of nitrogens with two attached hydrogens (primary N) is 1. The molecule has 0 aromatic heterocycles. The molecule has 2 aromatic carbocycles. The van der Waals surface area contributed by atoms with Gasteiger partial charge in [0, 0.05) is 12.5 Å². The van der Waals surface area contributed by atoms with Gasteiger partial charge in [0.25, 0.3) is 0 Å². The fraction of sp³-hybridized carbons (Fsp3) is 0.350. The predicted molar refractivity (Wildman–Crippen MR) is 101 cm³/mol. The normalized spacial score (nSPS) is 24.3. The number of carbonyl (C=O) groups is 1.